The summed E-state index contributed by atoms with van der Waals surface area (Å²) < 4.78 is 38.2. The molecule has 4 heteroatoms. The van der Waals surface area contributed by atoms with Gasteiger partial charge in [0.25, 0.3) is 0 Å². The first kappa shape index (κ1) is 17.5. The van der Waals surface area contributed by atoms with Crippen molar-refractivity contribution < 1.29 is 18.3 Å². The molecule has 0 heterocycles. The molecule has 0 aliphatic heterocycles. The van der Waals surface area contributed by atoms with Crippen LogP contribution >= 0.6 is 0 Å². The van der Waals surface area contributed by atoms with Gasteiger partial charge < -0.3 is 9.47 Å². The quantitative estimate of drug-likeness (QED) is 0.605. The molecule has 1 aromatic rings. The summed E-state index contributed by atoms with van der Waals surface area (Å²) in [6.45, 7) is 6.10. The van der Waals surface area contributed by atoms with Crippen molar-refractivity contribution in [2.75, 3.05) is 13.2 Å². The Bertz CT molecular complexity index is 555. The molecular weight excluding hydrogens is 298 g/mol. The van der Waals surface area contributed by atoms with Crippen LogP contribution in [0.2, 0.25) is 0 Å². The van der Waals surface area contributed by atoms with Crippen molar-refractivity contribution in [3.8, 4) is 11.5 Å². The summed E-state index contributed by atoms with van der Waals surface area (Å²) in [6.07, 6.45) is 10.5. The molecule has 0 saturated carbocycles. The number of hydrogen-bond acceptors (Lipinski definition) is 2. The summed E-state index contributed by atoms with van der Waals surface area (Å²) in [5.74, 6) is -1.30. The lowest BCUT2D eigenvalue weighted by Gasteiger charge is -2.23. The highest BCUT2D eigenvalue weighted by Gasteiger charge is 2.19. The molecule has 0 spiro atoms. The minimum Gasteiger partial charge on any atom is -0.491 e. The van der Waals surface area contributed by atoms with Gasteiger partial charge in [-0.3, -0.25) is 0 Å². The average Bonchev–Trinajstić information content (AvgIpc) is 2.57. The molecule has 2 rings (SSSR count). The van der Waals surface area contributed by atoms with Gasteiger partial charge in [0.15, 0.2) is 11.5 Å². The number of ether oxygens (including phenoxy) is 2. The van der Waals surface area contributed by atoms with Crippen molar-refractivity contribution >= 4 is 0 Å². The van der Waals surface area contributed by atoms with E-state index in [-0.39, 0.29) is 24.0 Å². The van der Waals surface area contributed by atoms with E-state index in [1.54, 1.807) is 6.92 Å². The molecule has 23 heavy (non-hydrogen) atoms. The zero-order valence-electron chi connectivity index (χ0n) is 13.6. The molecule has 0 saturated heterocycles. The smallest absolute Gasteiger partial charge is 0.204 e. The number of benzene rings is 1. The number of allylic oxidation sites excluding steroid dienone is 2. The van der Waals surface area contributed by atoms with E-state index in [9.17, 15) is 8.78 Å². The van der Waals surface area contributed by atoms with E-state index in [2.05, 4.69) is 18.7 Å². The third kappa shape index (κ3) is 4.81. The second-order valence-electron chi connectivity index (χ2n) is 5.78. The fourth-order valence-electron chi connectivity index (χ4n) is 2.74. The molecule has 126 valence electrons. The Hall–Kier alpha value is -1.84. The molecule has 2 nitrogen and oxygen atoms in total. The Kier molecular flexibility index (Phi) is 6.63. The van der Waals surface area contributed by atoms with Crippen molar-refractivity contribution in [2.45, 2.75) is 32.6 Å². The standard InChI is InChI=1S/C19H24F2O2/c1-3-5-6-14-7-9-15(10-8-14)13-23-17-12-11-16(22-4-2)18(20)19(17)21/h3,7,9,11-12,14-15H,1,4-6,8,10,13H2,2H3. The molecular formula is C19H24F2O2. The Labute approximate surface area is 136 Å². The van der Waals surface area contributed by atoms with E-state index in [1.807, 2.05) is 6.08 Å². The van der Waals surface area contributed by atoms with Gasteiger partial charge in [0.05, 0.1) is 13.2 Å². The summed E-state index contributed by atoms with van der Waals surface area (Å²) in [4.78, 5) is 0. The highest BCUT2D eigenvalue weighted by molar-refractivity contribution is 5.35. The second-order valence-corrected chi connectivity index (χ2v) is 5.78. The third-order valence-corrected chi connectivity index (χ3v) is 4.07. The van der Waals surface area contributed by atoms with Crippen LogP contribution in [0.15, 0.2) is 36.9 Å². The van der Waals surface area contributed by atoms with Crippen molar-refractivity contribution in [1.29, 1.82) is 0 Å². The van der Waals surface area contributed by atoms with Crippen molar-refractivity contribution in [3.05, 3.63) is 48.6 Å². The lowest BCUT2D eigenvalue weighted by Crippen LogP contribution is -2.16. The average molecular weight is 322 g/mol. The Morgan fingerprint density at radius 3 is 2.26 bits per heavy atom. The lowest BCUT2D eigenvalue weighted by atomic mass is 9.86. The molecule has 2 atom stereocenters. The largest absolute Gasteiger partial charge is 0.491 e. The first-order valence-electron chi connectivity index (χ1n) is 8.18. The van der Waals surface area contributed by atoms with Gasteiger partial charge >= 0.3 is 0 Å². The zero-order valence-corrected chi connectivity index (χ0v) is 13.6. The van der Waals surface area contributed by atoms with Crippen molar-refractivity contribution in [3.63, 3.8) is 0 Å². The van der Waals surface area contributed by atoms with Gasteiger partial charge in [-0.15, -0.1) is 6.58 Å². The van der Waals surface area contributed by atoms with Crippen LogP contribution < -0.4 is 9.47 Å². The van der Waals surface area contributed by atoms with E-state index < -0.39 is 11.6 Å². The predicted molar refractivity (Wildman–Crippen MR) is 87.8 cm³/mol. The van der Waals surface area contributed by atoms with Gasteiger partial charge in [0.1, 0.15) is 0 Å². The number of rotatable bonds is 8. The van der Waals surface area contributed by atoms with Gasteiger partial charge in [-0.1, -0.05) is 18.2 Å². The van der Waals surface area contributed by atoms with E-state index in [0.717, 1.165) is 25.7 Å². The fraction of sp³-hybridized carbons (Fsp3) is 0.474. The molecule has 0 aromatic heterocycles. The minimum absolute atomic E-state index is 0.0619. The van der Waals surface area contributed by atoms with Gasteiger partial charge in [-0.2, -0.15) is 8.78 Å². The number of hydrogen-bond donors (Lipinski definition) is 0. The van der Waals surface area contributed by atoms with Crippen LogP contribution in [0.5, 0.6) is 11.5 Å². The van der Waals surface area contributed by atoms with Gasteiger partial charge in [-0.25, -0.2) is 0 Å². The van der Waals surface area contributed by atoms with Crippen LogP contribution in [0.1, 0.15) is 32.6 Å². The fourth-order valence-corrected chi connectivity index (χ4v) is 2.74. The van der Waals surface area contributed by atoms with Gasteiger partial charge in [0.2, 0.25) is 11.6 Å². The summed E-state index contributed by atoms with van der Waals surface area (Å²) in [7, 11) is 0. The van der Waals surface area contributed by atoms with Crippen LogP contribution in [-0.2, 0) is 0 Å². The molecule has 2 unspecified atom stereocenters. The van der Waals surface area contributed by atoms with Crippen LogP contribution in [0.3, 0.4) is 0 Å². The van der Waals surface area contributed by atoms with E-state index in [0.29, 0.717) is 12.5 Å². The topological polar surface area (TPSA) is 18.5 Å². The Morgan fingerprint density at radius 2 is 1.70 bits per heavy atom. The molecule has 0 amide bonds. The maximum atomic E-state index is 13.9. The summed E-state index contributed by atoms with van der Waals surface area (Å²) in [5.41, 5.74) is 0. The highest BCUT2D eigenvalue weighted by Crippen LogP contribution is 2.30. The highest BCUT2D eigenvalue weighted by atomic mass is 19.2. The van der Waals surface area contributed by atoms with Crippen LogP contribution in [0.25, 0.3) is 0 Å². The Balaban J connectivity index is 1.89. The Morgan fingerprint density at radius 1 is 1.09 bits per heavy atom. The predicted octanol–water partition coefficient (Wildman–Crippen LogP) is 5.29. The van der Waals surface area contributed by atoms with E-state index in [1.165, 1.54) is 12.1 Å². The summed E-state index contributed by atoms with van der Waals surface area (Å²) >= 11 is 0. The summed E-state index contributed by atoms with van der Waals surface area (Å²) in [6, 6.07) is 2.82. The van der Waals surface area contributed by atoms with Crippen LogP contribution in [-0.4, -0.2) is 13.2 Å². The van der Waals surface area contributed by atoms with Crippen molar-refractivity contribution in [1.82, 2.24) is 0 Å². The zero-order chi connectivity index (χ0) is 16.7. The van der Waals surface area contributed by atoms with E-state index in [4.69, 9.17) is 9.47 Å². The SMILES string of the molecule is C=CCCC1C=CC(COc2ccc(OCC)c(F)c2F)CC1. The molecule has 0 bridgehead atoms. The van der Waals surface area contributed by atoms with E-state index >= 15 is 0 Å². The van der Waals surface area contributed by atoms with Crippen LogP contribution in [0.4, 0.5) is 8.78 Å². The number of halogens is 2. The molecule has 1 aliphatic rings. The van der Waals surface area contributed by atoms with Crippen LogP contribution in [0, 0.1) is 23.5 Å². The van der Waals surface area contributed by atoms with Gasteiger partial charge in [-0.05, 0) is 50.7 Å². The first-order valence-corrected chi connectivity index (χ1v) is 8.18. The maximum absolute atomic E-state index is 13.9. The third-order valence-electron chi connectivity index (χ3n) is 4.07. The molecule has 1 aliphatic carbocycles. The lowest BCUT2D eigenvalue weighted by molar-refractivity contribution is 0.239. The minimum atomic E-state index is -0.993. The molecule has 1 aromatic carbocycles. The molecule has 0 radical (unpaired) electrons. The molecule has 0 fully saturated rings. The molecule has 0 N–H and O–H groups in total. The second kappa shape index (κ2) is 8.70. The van der Waals surface area contributed by atoms with Crippen molar-refractivity contribution in [2.24, 2.45) is 11.8 Å². The first-order chi connectivity index (χ1) is 11.2. The van der Waals surface area contributed by atoms with Gasteiger partial charge in [0, 0.05) is 5.92 Å². The normalized spacial score (nSPS) is 20.3. The maximum Gasteiger partial charge on any atom is 0.204 e. The summed E-state index contributed by atoms with van der Waals surface area (Å²) in [5, 5.41) is 0. The monoisotopic (exact) mass is 322 g/mol.